The molecule has 0 bridgehead atoms. The first-order chi connectivity index (χ1) is 9.33. The fourth-order valence-corrected chi connectivity index (χ4v) is 3.35. The molecule has 1 aromatic heterocycles. The smallest absolute Gasteiger partial charge is 0.133 e. The van der Waals surface area contributed by atoms with E-state index in [1.54, 1.807) is 0 Å². The number of aryl methyl sites for hydroxylation is 1. The molecule has 0 saturated heterocycles. The van der Waals surface area contributed by atoms with Crippen molar-refractivity contribution >= 4 is 12.2 Å². The minimum absolute atomic E-state index is 0.184. The maximum atomic E-state index is 5.73. The lowest BCUT2D eigenvalue weighted by Crippen LogP contribution is -2.10. The van der Waals surface area contributed by atoms with Crippen LogP contribution in [-0.4, -0.2) is 16.6 Å². The van der Waals surface area contributed by atoms with E-state index in [9.17, 15) is 0 Å². The minimum atomic E-state index is 0.184. The van der Waals surface area contributed by atoms with E-state index in [2.05, 4.69) is 16.0 Å². The molecule has 1 N–H and O–H groups in total. The van der Waals surface area contributed by atoms with Crippen molar-refractivity contribution in [3.8, 4) is 5.75 Å². The highest BCUT2D eigenvalue weighted by Crippen LogP contribution is 2.37. The number of fused-ring (bicyclic) bond motifs is 2. The highest BCUT2D eigenvalue weighted by Gasteiger charge is 2.28. The maximum Gasteiger partial charge on any atom is 0.133 e. The number of rotatable bonds is 1. The average Bonchev–Trinajstić information content (AvgIpc) is 3.04. The molecule has 1 aromatic carbocycles. The Morgan fingerprint density at radius 3 is 3.11 bits per heavy atom. The topological polar surface area (TPSA) is 37.9 Å². The van der Waals surface area contributed by atoms with E-state index in [1.165, 1.54) is 23.2 Å². The molecule has 4 heteroatoms. The molecule has 0 radical (unpaired) electrons. The number of aromatic amines is 1. The first kappa shape index (κ1) is 11.2. The number of hydrogen-bond acceptors (Lipinski definition) is 3. The summed E-state index contributed by atoms with van der Waals surface area (Å²) in [5, 5.41) is 0. The molecule has 3 nitrogen and oxygen atoms in total. The summed E-state index contributed by atoms with van der Waals surface area (Å²) in [6.45, 7) is 0.649. The zero-order valence-electron chi connectivity index (χ0n) is 10.5. The van der Waals surface area contributed by atoms with Crippen molar-refractivity contribution in [2.75, 3.05) is 6.61 Å². The van der Waals surface area contributed by atoms with Crippen LogP contribution in [0.4, 0.5) is 0 Å². The maximum absolute atomic E-state index is 5.73. The summed E-state index contributed by atoms with van der Waals surface area (Å²) in [5.41, 5.74) is 3.73. The average molecular weight is 270 g/mol. The number of ether oxygens (including phenoxy) is 1. The molecule has 0 saturated carbocycles. The number of nitrogens with zero attached hydrogens (tertiary/aromatic N) is 1. The number of aromatic nitrogens is 2. The van der Waals surface area contributed by atoms with Crippen LogP contribution in [0.2, 0.25) is 0 Å². The molecule has 1 aliphatic carbocycles. The van der Waals surface area contributed by atoms with Gasteiger partial charge < -0.3 is 9.72 Å². The van der Waals surface area contributed by atoms with Crippen LogP contribution in [0.25, 0.3) is 0 Å². The Hall–Kier alpha value is -1.68. The van der Waals surface area contributed by atoms with E-state index in [-0.39, 0.29) is 5.92 Å². The summed E-state index contributed by atoms with van der Waals surface area (Å²) in [5.74, 6) is 2.11. The standard InChI is InChI=1S/C15H14N2OS/c19-15-10-5-3-6-12(10)16-14(17-15)11-8-18-13-7-2-1-4-9(11)13/h1-2,4,7,11H,3,5-6,8H2,(H,16,17,19). The minimum Gasteiger partial charge on any atom is -0.492 e. The van der Waals surface area contributed by atoms with Crippen LogP contribution in [0.15, 0.2) is 24.3 Å². The summed E-state index contributed by atoms with van der Waals surface area (Å²) >= 11 is 5.43. The Balaban J connectivity index is 1.83. The first-order valence-electron chi connectivity index (χ1n) is 6.66. The monoisotopic (exact) mass is 270 g/mol. The molecule has 96 valence electrons. The number of benzene rings is 1. The van der Waals surface area contributed by atoms with E-state index < -0.39 is 0 Å². The Labute approximate surface area is 116 Å². The first-order valence-corrected chi connectivity index (χ1v) is 7.07. The summed E-state index contributed by atoms with van der Waals surface area (Å²) < 4.78 is 6.50. The molecule has 1 aliphatic heterocycles. The summed E-state index contributed by atoms with van der Waals surface area (Å²) in [6, 6.07) is 8.16. The number of H-pyrrole nitrogens is 1. The van der Waals surface area contributed by atoms with Crippen molar-refractivity contribution in [1.29, 1.82) is 0 Å². The Morgan fingerprint density at radius 1 is 1.26 bits per heavy atom. The normalized spacial score (nSPS) is 19.9. The van der Waals surface area contributed by atoms with Crippen molar-refractivity contribution in [3.05, 3.63) is 51.6 Å². The van der Waals surface area contributed by atoms with Gasteiger partial charge in [-0.15, -0.1) is 0 Å². The summed E-state index contributed by atoms with van der Waals surface area (Å²) in [6.07, 6.45) is 3.33. The van der Waals surface area contributed by atoms with Gasteiger partial charge in [0.15, 0.2) is 0 Å². The van der Waals surface area contributed by atoms with Crippen molar-refractivity contribution in [1.82, 2.24) is 9.97 Å². The highest BCUT2D eigenvalue weighted by molar-refractivity contribution is 7.71. The van der Waals surface area contributed by atoms with Crippen molar-refractivity contribution in [3.63, 3.8) is 0 Å². The van der Waals surface area contributed by atoms with E-state index in [0.717, 1.165) is 29.1 Å². The quantitative estimate of drug-likeness (QED) is 0.809. The van der Waals surface area contributed by atoms with E-state index in [4.69, 9.17) is 17.0 Å². The Bertz CT molecular complexity index is 708. The second-order valence-electron chi connectivity index (χ2n) is 5.14. The van der Waals surface area contributed by atoms with Crippen LogP contribution in [0, 0.1) is 4.64 Å². The number of para-hydroxylation sites is 1. The SMILES string of the molecule is S=c1nc(C2COc3ccccc32)[nH]c2c1CCC2. The van der Waals surface area contributed by atoms with E-state index in [1.807, 2.05) is 18.2 Å². The lowest BCUT2D eigenvalue weighted by molar-refractivity contribution is 0.339. The van der Waals surface area contributed by atoms with Crippen molar-refractivity contribution in [2.45, 2.75) is 25.2 Å². The third-order valence-corrected chi connectivity index (χ3v) is 4.34. The zero-order chi connectivity index (χ0) is 12.8. The lowest BCUT2D eigenvalue weighted by Gasteiger charge is -2.10. The highest BCUT2D eigenvalue weighted by atomic mass is 32.1. The van der Waals surface area contributed by atoms with Gasteiger partial charge in [0.25, 0.3) is 0 Å². The van der Waals surface area contributed by atoms with Crippen LogP contribution in [0.1, 0.15) is 35.0 Å². The predicted molar refractivity (Wildman–Crippen MR) is 75.2 cm³/mol. The van der Waals surface area contributed by atoms with Crippen molar-refractivity contribution in [2.24, 2.45) is 0 Å². The van der Waals surface area contributed by atoms with Crippen LogP contribution >= 0.6 is 12.2 Å². The van der Waals surface area contributed by atoms with Gasteiger partial charge in [-0.05, 0) is 25.3 Å². The van der Waals surface area contributed by atoms with Gasteiger partial charge in [0.2, 0.25) is 0 Å². The fourth-order valence-electron chi connectivity index (χ4n) is 3.03. The van der Waals surface area contributed by atoms with Crippen molar-refractivity contribution < 1.29 is 4.74 Å². The van der Waals surface area contributed by atoms with Gasteiger partial charge >= 0.3 is 0 Å². The van der Waals surface area contributed by atoms with Gasteiger partial charge in [-0.3, -0.25) is 0 Å². The largest absolute Gasteiger partial charge is 0.492 e. The van der Waals surface area contributed by atoms with Gasteiger partial charge in [-0.1, -0.05) is 30.4 Å². The molecule has 2 heterocycles. The fraction of sp³-hybridized carbons (Fsp3) is 0.333. The molecule has 2 aliphatic rings. The van der Waals surface area contributed by atoms with Gasteiger partial charge in [-0.25, -0.2) is 4.98 Å². The third kappa shape index (κ3) is 1.70. The lowest BCUT2D eigenvalue weighted by atomic mass is 10.0. The second-order valence-corrected chi connectivity index (χ2v) is 5.53. The van der Waals surface area contributed by atoms with Crippen LogP contribution in [0.5, 0.6) is 5.75 Å². The Kier molecular flexibility index (Phi) is 2.45. The van der Waals surface area contributed by atoms with Crippen LogP contribution < -0.4 is 4.74 Å². The molecular formula is C15H14N2OS. The second kappa shape index (κ2) is 4.17. The van der Waals surface area contributed by atoms with Gasteiger partial charge in [0.1, 0.15) is 22.8 Å². The molecule has 0 fully saturated rings. The molecule has 1 unspecified atom stereocenters. The molecular weight excluding hydrogens is 256 g/mol. The Morgan fingerprint density at radius 2 is 2.16 bits per heavy atom. The molecule has 2 aromatic rings. The number of nitrogens with one attached hydrogen (secondary N) is 1. The molecule has 4 rings (SSSR count). The zero-order valence-corrected chi connectivity index (χ0v) is 11.3. The summed E-state index contributed by atoms with van der Waals surface area (Å²) in [4.78, 5) is 8.10. The number of hydrogen-bond donors (Lipinski definition) is 1. The molecule has 1 atom stereocenters. The van der Waals surface area contributed by atoms with Crippen LogP contribution in [0.3, 0.4) is 0 Å². The third-order valence-electron chi connectivity index (χ3n) is 4.01. The molecule has 19 heavy (non-hydrogen) atoms. The van der Waals surface area contributed by atoms with Gasteiger partial charge in [-0.2, -0.15) is 0 Å². The van der Waals surface area contributed by atoms with E-state index in [0.29, 0.717) is 6.61 Å². The van der Waals surface area contributed by atoms with E-state index >= 15 is 0 Å². The summed E-state index contributed by atoms with van der Waals surface area (Å²) in [7, 11) is 0. The molecule has 0 spiro atoms. The van der Waals surface area contributed by atoms with Gasteiger partial charge in [0.05, 0.1) is 5.92 Å². The van der Waals surface area contributed by atoms with Crippen LogP contribution in [-0.2, 0) is 12.8 Å². The molecule has 0 amide bonds. The predicted octanol–water partition coefficient (Wildman–Crippen LogP) is 3.15. The van der Waals surface area contributed by atoms with Gasteiger partial charge in [0, 0.05) is 16.8 Å².